The highest BCUT2D eigenvalue weighted by Crippen LogP contribution is 2.52. The van der Waals surface area contributed by atoms with Gasteiger partial charge in [-0.15, -0.1) is 11.8 Å². The van der Waals surface area contributed by atoms with Crippen LogP contribution in [-0.4, -0.2) is 88.9 Å². The number of aliphatic hydroxyl groups is 1. The van der Waals surface area contributed by atoms with Gasteiger partial charge >= 0.3 is 18.1 Å². The molecule has 2 saturated heterocycles. The van der Waals surface area contributed by atoms with Crippen molar-refractivity contribution >= 4 is 47.4 Å². The van der Waals surface area contributed by atoms with Crippen molar-refractivity contribution in [2.75, 3.05) is 25.8 Å². The number of carbonyl (C=O) groups is 5. The van der Waals surface area contributed by atoms with Crippen molar-refractivity contribution < 1.29 is 48.4 Å². The number of esters is 1. The normalized spacial score (nSPS) is 26.4. The maximum Gasteiger partial charge on any atom is 0.510 e. The van der Waals surface area contributed by atoms with Gasteiger partial charge in [0.05, 0.1) is 36.8 Å². The Morgan fingerprint density at radius 3 is 2.67 bits per heavy atom. The van der Waals surface area contributed by atoms with E-state index in [1.165, 1.54) is 41.8 Å². The second-order valence-electron chi connectivity index (χ2n) is 9.43. The number of ether oxygens (including phenoxy) is 3. The molecule has 0 spiro atoms. The van der Waals surface area contributed by atoms with E-state index in [0.29, 0.717) is 23.6 Å². The van der Waals surface area contributed by atoms with Gasteiger partial charge in [-0.1, -0.05) is 13.0 Å². The topological polar surface area (TPSA) is 181 Å². The summed E-state index contributed by atoms with van der Waals surface area (Å²) in [7, 11) is 1.11. The van der Waals surface area contributed by atoms with Gasteiger partial charge in [0, 0.05) is 28.3 Å². The number of aliphatic hydroxyl groups excluding tert-OH is 1. The third-order valence-electron chi connectivity index (χ3n) is 6.91. The maximum atomic E-state index is 13.0. The molecular weight excluding hydrogens is 534 g/mol. The molecule has 0 aromatic heterocycles. The molecule has 3 aliphatic rings. The van der Waals surface area contributed by atoms with Crippen molar-refractivity contribution in [3.63, 3.8) is 0 Å². The zero-order valence-electron chi connectivity index (χ0n) is 21.4. The largest absolute Gasteiger partial charge is 0.510 e. The number of hydrogen-bond acceptors (Lipinski definition) is 11. The number of carboxylic acid groups (broad SMARTS) is 1. The summed E-state index contributed by atoms with van der Waals surface area (Å²) >= 11 is 1.35. The Hall–Kier alpha value is -3.62. The van der Waals surface area contributed by atoms with E-state index in [4.69, 9.17) is 9.84 Å². The molecule has 0 unspecified atom stereocenters. The van der Waals surface area contributed by atoms with E-state index in [9.17, 15) is 29.1 Å². The van der Waals surface area contributed by atoms with Crippen LogP contribution in [0.5, 0.6) is 0 Å². The van der Waals surface area contributed by atoms with Crippen LogP contribution >= 0.6 is 11.8 Å². The van der Waals surface area contributed by atoms with Gasteiger partial charge in [-0.05, 0) is 31.5 Å². The molecule has 13 nitrogen and oxygen atoms in total. The van der Waals surface area contributed by atoms with Crippen LogP contribution in [0.15, 0.2) is 34.9 Å². The van der Waals surface area contributed by atoms with Gasteiger partial charge in [0.1, 0.15) is 5.70 Å². The lowest BCUT2D eigenvalue weighted by Gasteiger charge is -2.46. The Bertz CT molecular complexity index is 1220. The Morgan fingerprint density at radius 1 is 1.26 bits per heavy atom. The fourth-order valence-corrected chi connectivity index (χ4v) is 6.53. The summed E-state index contributed by atoms with van der Waals surface area (Å²) in [5.74, 6) is -3.65. The minimum atomic E-state index is -1.10. The lowest BCUT2D eigenvalue weighted by Crippen LogP contribution is -2.63. The molecule has 0 saturated carbocycles. The molecule has 210 valence electrons. The molecule has 0 bridgehead atoms. The molecule has 3 heterocycles. The van der Waals surface area contributed by atoms with Crippen LogP contribution in [0.3, 0.4) is 0 Å². The lowest BCUT2D eigenvalue weighted by molar-refractivity contribution is -0.166. The first-order valence-corrected chi connectivity index (χ1v) is 13.1. The number of amides is 2. The number of benzene rings is 1. The number of β-lactam (4-membered cyclic amide) rings is 1. The van der Waals surface area contributed by atoms with Crippen LogP contribution in [0.1, 0.15) is 30.6 Å². The highest BCUT2D eigenvalue weighted by Gasteiger charge is 2.60. The Morgan fingerprint density at radius 2 is 2.00 bits per heavy atom. The van der Waals surface area contributed by atoms with Crippen LogP contribution in [-0.2, 0) is 28.6 Å². The van der Waals surface area contributed by atoms with Crippen LogP contribution in [0.2, 0.25) is 0 Å². The zero-order valence-corrected chi connectivity index (χ0v) is 22.2. The van der Waals surface area contributed by atoms with Crippen molar-refractivity contribution in [3.8, 4) is 0 Å². The molecule has 0 radical (unpaired) electrons. The lowest BCUT2D eigenvalue weighted by atomic mass is 9.79. The number of thioether (sulfide) groups is 1. The van der Waals surface area contributed by atoms with E-state index < -0.39 is 54.9 Å². The molecule has 4 rings (SSSR count). The fraction of sp³-hybridized carbons (Fsp3) is 0.480. The number of nitrogens with one attached hydrogen (secondary N) is 2. The van der Waals surface area contributed by atoms with Crippen molar-refractivity contribution in [2.45, 2.75) is 43.7 Å². The first-order chi connectivity index (χ1) is 18.5. The number of fused-ring (bicyclic) bond motifs is 1. The van der Waals surface area contributed by atoms with E-state index in [2.05, 4.69) is 20.1 Å². The van der Waals surface area contributed by atoms with Crippen molar-refractivity contribution in [1.82, 2.24) is 10.2 Å². The average molecular weight is 564 g/mol. The van der Waals surface area contributed by atoms with Crippen molar-refractivity contribution in [2.24, 2.45) is 11.8 Å². The predicted octanol–water partition coefficient (Wildman–Crippen LogP) is 1.14. The molecular formula is C25H29N3O10S. The first kappa shape index (κ1) is 28.4. The Labute approximate surface area is 227 Å². The second-order valence-corrected chi connectivity index (χ2v) is 10.8. The summed E-state index contributed by atoms with van der Waals surface area (Å²) in [6.45, 7) is 3.11. The van der Waals surface area contributed by atoms with Gasteiger partial charge in [-0.25, -0.2) is 14.4 Å². The summed E-state index contributed by atoms with van der Waals surface area (Å²) in [6.07, 6.45) is -1.54. The van der Waals surface area contributed by atoms with Gasteiger partial charge in [0.2, 0.25) is 18.6 Å². The third-order valence-corrected chi connectivity index (χ3v) is 8.42. The van der Waals surface area contributed by atoms with Gasteiger partial charge in [-0.3, -0.25) is 9.59 Å². The fourth-order valence-electron chi connectivity index (χ4n) is 5.06. The minimum Gasteiger partial charge on any atom is -0.478 e. The molecule has 4 N–H and O–H groups in total. The molecule has 2 amide bonds. The number of carboxylic acids is 1. The zero-order chi connectivity index (χ0) is 28.4. The second kappa shape index (κ2) is 11.6. The highest BCUT2D eigenvalue weighted by atomic mass is 32.2. The van der Waals surface area contributed by atoms with Crippen molar-refractivity contribution in [1.29, 1.82) is 0 Å². The van der Waals surface area contributed by atoms with E-state index in [-0.39, 0.29) is 28.3 Å². The van der Waals surface area contributed by atoms with Crippen LogP contribution < -0.4 is 10.6 Å². The Kier molecular flexibility index (Phi) is 8.47. The predicted molar refractivity (Wildman–Crippen MR) is 136 cm³/mol. The van der Waals surface area contributed by atoms with E-state index in [0.717, 1.165) is 7.11 Å². The smallest absolute Gasteiger partial charge is 0.478 e. The molecule has 0 aliphatic carbocycles. The number of hydrogen-bond donors (Lipinski definition) is 4. The standard InChI is InChI=1S/C25H29N3O10S/c1-11-18-17(12(2)29)22(31)28(18)19(24(34)37-10-38-25(35)36-3)20(11)39-15-8-16(26-9-15)21(30)27-14-6-4-5-13(7-14)23(32)33/h4-7,11-12,15-18,26,29H,8-10H2,1-3H3,(H,27,30)(H,32,33)/t11-,12-,15+,16+,17-,18-/m1/s1. The molecule has 2 fully saturated rings. The van der Waals surface area contributed by atoms with Gasteiger partial charge in [0.25, 0.3) is 0 Å². The number of aromatic carboxylic acids is 1. The third kappa shape index (κ3) is 5.72. The van der Waals surface area contributed by atoms with Crippen LogP contribution in [0.25, 0.3) is 0 Å². The van der Waals surface area contributed by atoms with E-state index >= 15 is 0 Å². The molecule has 39 heavy (non-hydrogen) atoms. The van der Waals surface area contributed by atoms with E-state index in [1.807, 2.05) is 6.92 Å². The SMILES string of the molecule is COC(=O)OCOC(=O)C1=C(S[C@@H]2CN[C@H](C(=O)Nc3cccc(C(=O)O)c3)C2)[C@H](C)[C@@H]2[C@@H]([C@@H](C)O)C(=O)N12. The summed E-state index contributed by atoms with van der Waals surface area (Å²) in [6, 6.07) is 4.93. The number of anilines is 1. The average Bonchev–Trinajstić information content (AvgIpc) is 3.45. The molecule has 3 aliphatic heterocycles. The van der Waals surface area contributed by atoms with E-state index in [1.54, 1.807) is 6.07 Å². The summed E-state index contributed by atoms with van der Waals surface area (Å²) < 4.78 is 14.1. The summed E-state index contributed by atoms with van der Waals surface area (Å²) in [4.78, 5) is 63.0. The highest BCUT2D eigenvalue weighted by molar-refractivity contribution is 8.03. The number of rotatable bonds is 9. The molecule has 1 aromatic carbocycles. The number of carbonyl (C=O) groups excluding carboxylic acids is 4. The monoisotopic (exact) mass is 563 g/mol. The summed E-state index contributed by atoms with van der Waals surface area (Å²) in [5, 5.41) is 25.0. The number of methoxy groups -OCH3 is 1. The quantitative estimate of drug-likeness (QED) is 0.191. The molecule has 14 heteroatoms. The maximum absolute atomic E-state index is 13.0. The minimum absolute atomic E-state index is 0.0336. The van der Waals surface area contributed by atoms with Gasteiger partial charge in [0.15, 0.2) is 0 Å². The summed E-state index contributed by atoms with van der Waals surface area (Å²) in [5.41, 5.74) is 0.441. The number of nitrogens with zero attached hydrogens (tertiary/aromatic N) is 1. The Balaban J connectivity index is 1.46. The van der Waals surface area contributed by atoms with Crippen LogP contribution in [0.4, 0.5) is 10.5 Å². The molecule has 1 aromatic rings. The van der Waals surface area contributed by atoms with Crippen molar-refractivity contribution in [3.05, 3.63) is 40.4 Å². The first-order valence-electron chi connectivity index (χ1n) is 12.2. The van der Waals surface area contributed by atoms with Gasteiger partial charge < -0.3 is 40.0 Å². The van der Waals surface area contributed by atoms with Crippen LogP contribution in [0, 0.1) is 11.8 Å². The molecule has 6 atom stereocenters. The van der Waals surface area contributed by atoms with Gasteiger partial charge in [-0.2, -0.15) is 0 Å².